The largest absolute Gasteiger partial charge is 0.452 e. The molecule has 0 radical (unpaired) electrons. The summed E-state index contributed by atoms with van der Waals surface area (Å²) < 4.78 is 5.39. The zero-order valence-electron chi connectivity index (χ0n) is 19.0. The number of pyridine rings is 1. The van der Waals surface area contributed by atoms with Crippen molar-refractivity contribution in [2.24, 2.45) is 0 Å². The van der Waals surface area contributed by atoms with E-state index in [1.165, 1.54) is 12.1 Å². The maximum Gasteiger partial charge on any atom is 0.339 e. The highest BCUT2D eigenvalue weighted by atomic mass is 16.6. The van der Waals surface area contributed by atoms with Crippen LogP contribution in [0.5, 0.6) is 0 Å². The van der Waals surface area contributed by atoms with Crippen LogP contribution in [0.4, 0.5) is 5.69 Å². The molecule has 0 aliphatic heterocycles. The summed E-state index contributed by atoms with van der Waals surface area (Å²) in [6.45, 7) is 3.31. The quantitative estimate of drug-likeness (QED) is 0.325. The molecule has 4 rings (SSSR count). The van der Waals surface area contributed by atoms with Gasteiger partial charge in [-0.2, -0.15) is 0 Å². The molecule has 1 N–H and O–H groups in total. The van der Waals surface area contributed by atoms with Crippen LogP contribution in [-0.2, 0) is 16.0 Å². The van der Waals surface area contributed by atoms with Gasteiger partial charge in [0.1, 0.15) is 0 Å². The van der Waals surface area contributed by atoms with Gasteiger partial charge in [0, 0.05) is 23.6 Å². The first-order valence-corrected chi connectivity index (χ1v) is 11.2. The third-order valence-electron chi connectivity index (χ3n) is 5.58. The van der Waals surface area contributed by atoms with Gasteiger partial charge in [-0.1, -0.05) is 30.3 Å². The predicted molar refractivity (Wildman–Crippen MR) is 129 cm³/mol. The van der Waals surface area contributed by atoms with Crippen molar-refractivity contribution < 1.29 is 19.2 Å². The van der Waals surface area contributed by atoms with E-state index in [4.69, 9.17) is 9.72 Å². The van der Waals surface area contributed by atoms with Gasteiger partial charge < -0.3 is 10.1 Å². The Morgan fingerprint density at radius 1 is 1.18 bits per heavy atom. The second-order valence-electron chi connectivity index (χ2n) is 8.50. The van der Waals surface area contributed by atoms with Crippen molar-refractivity contribution in [3.63, 3.8) is 0 Å². The van der Waals surface area contributed by atoms with E-state index in [1.54, 1.807) is 12.1 Å². The lowest BCUT2D eigenvalue weighted by atomic mass is 9.86. The number of aromatic nitrogens is 1. The number of esters is 1. The highest BCUT2D eigenvalue weighted by Gasteiger charge is 2.26. The minimum Gasteiger partial charge on any atom is -0.452 e. The molecule has 8 nitrogen and oxygen atoms in total. The maximum atomic E-state index is 13.2. The number of hydrogen-bond acceptors (Lipinski definition) is 6. The van der Waals surface area contributed by atoms with Gasteiger partial charge in [0.05, 0.1) is 21.7 Å². The van der Waals surface area contributed by atoms with E-state index in [2.05, 4.69) is 5.32 Å². The van der Waals surface area contributed by atoms with Gasteiger partial charge in [0.25, 0.3) is 11.6 Å². The number of nitrogens with one attached hydrogen (secondary N) is 1. The van der Waals surface area contributed by atoms with Gasteiger partial charge in [-0.05, 0) is 62.0 Å². The summed E-state index contributed by atoms with van der Waals surface area (Å²) in [5, 5.41) is 14.6. The van der Waals surface area contributed by atoms with Crippen molar-refractivity contribution in [3.8, 4) is 0 Å². The number of benzene rings is 2. The smallest absolute Gasteiger partial charge is 0.339 e. The van der Waals surface area contributed by atoms with Crippen LogP contribution >= 0.6 is 0 Å². The lowest BCUT2D eigenvalue weighted by Crippen LogP contribution is -2.34. The summed E-state index contributed by atoms with van der Waals surface area (Å²) in [4.78, 5) is 40.8. The molecule has 1 aromatic heterocycles. The topological polar surface area (TPSA) is 111 Å². The lowest BCUT2D eigenvalue weighted by Gasteiger charge is -2.22. The van der Waals surface area contributed by atoms with Gasteiger partial charge in [-0.15, -0.1) is 0 Å². The second kappa shape index (κ2) is 9.82. The van der Waals surface area contributed by atoms with E-state index in [0.717, 1.165) is 24.0 Å². The Morgan fingerprint density at radius 3 is 2.74 bits per heavy atom. The van der Waals surface area contributed by atoms with E-state index < -0.39 is 10.9 Å². The summed E-state index contributed by atoms with van der Waals surface area (Å²) in [6.07, 6.45) is 4.05. The average Bonchev–Trinajstić information content (AvgIpc) is 2.81. The standard InChI is InChI=1S/C26H25N3O5/c1-16(2)27-23(30)15-34-26(31)24-20-10-3-4-12-22(20)28-25-18(8-6-11-21(24)25)13-17-7-5-9-19(14-17)29(32)33/h3-5,7,9-10,12-14,16H,6,8,11,15H2,1-2H3,(H,27,30)/b18-13+. The fourth-order valence-electron chi connectivity index (χ4n) is 4.20. The van der Waals surface area contributed by atoms with E-state index in [9.17, 15) is 19.7 Å². The molecule has 2 aromatic carbocycles. The molecule has 0 spiro atoms. The van der Waals surface area contributed by atoms with Crippen molar-refractivity contribution in [1.82, 2.24) is 10.3 Å². The third-order valence-corrected chi connectivity index (χ3v) is 5.58. The number of fused-ring (bicyclic) bond motifs is 2. The number of carbonyl (C=O) groups excluding carboxylic acids is 2. The molecule has 0 unspecified atom stereocenters. The Morgan fingerprint density at radius 2 is 1.97 bits per heavy atom. The van der Waals surface area contributed by atoms with Crippen LogP contribution in [0.15, 0.2) is 48.5 Å². The molecule has 0 atom stereocenters. The second-order valence-corrected chi connectivity index (χ2v) is 8.50. The number of nitro groups is 1. The van der Waals surface area contributed by atoms with E-state index in [1.807, 2.05) is 44.2 Å². The normalized spacial score (nSPS) is 14.1. The van der Waals surface area contributed by atoms with Crippen LogP contribution < -0.4 is 5.32 Å². The minimum absolute atomic E-state index is 0.0146. The zero-order valence-corrected chi connectivity index (χ0v) is 19.0. The van der Waals surface area contributed by atoms with Crippen LogP contribution in [0.1, 0.15) is 53.9 Å². The maximum absolute atomic E-state index is 13.2. The van der Waals surface area contributed by atoms with Crippen molar-refractivity contribution in [2.75, 3.05) is 6.61 Å². The number of para-hydroxylation sites is 1. The highest BCUT2D eigenvalue weighted by molar-refractivity contribution is 6.07. The molecule has 0 saturated carbocycles. The Hall–Kier alpha value is -4.07. The van der Waals surface area contributed by atoms with Gasteiger partial charge in [-0.3, -0.25) is 14.9 Å². The SMILES string of the molecule is CC(C)NC(=O)COC(=O)c1c2c(nc3ccccc13)/C(=C/c1cccc([N+](=O)[O-])c1)CCC2. The van der Waals surface area contributed by atoms with Gasteiger partial charge >= 0.3 is 5.97 Å². The van der Waals surface area contributed by atoms with Gasteiger partial charge in [-0.25, -0.2) is 9.78 Å². The molecule has 1 aliphatic rings. The first-order valence-electron chi connectivity index (χ1n) is 11.2. The number of hydrogen-bond donors (Lipinski definition) is 1. The minimum atomic E-state index is -0.564. The number of rotatable bonds is 6. The third kappa shape index (κ3) is 4.96. The molecule has 8 heteroatoms. The van der Waals surface area contributed by atoms with Crippen molar-refractivity contribution in [1.29, 1.82) is 0 Å². The fourth-order valence-corrected chi connectivity index (χ4v) is 4.20. The van der Waals surface area contributed by atoms with Crippen LogP contribution in [0, 0.1) is 10.1 Å². The molecule has 1 heterocycles. The predicted octanol–water partition coefficient (Wildman–Crippen LogP) is 4.70. The molecule has 34 heavy (non-hydrogen) atoms. The summed E-state index contributed by atoms with van der Waals surface area (Å²) >= 11 is 0. The number of ether oxygens (including phenoxy) is 1. The average molecular weight is 460 g/mol. The van der Waals surface area contributed by atoms with Crippen LogP contribution in [0.2, 0.25) is 0 Å². The van der Waals surface area contributed by atoms with E-state index in [0.29, 0.717) is 34.1 Å². The Labute approximate surface area is 196 Å². The summed E-state index contributed by atoms with van der Waals surface area (Å²) in [5.74, 6) is -0.924. The van der Waals surface area contributed by atoms with Crippen LogP contribution in [0.3, 0.4) is 0 Å². The monoisotopic (exact) mass is 459 g/mol. The van der Waals surface area contributed by atoms with Crippen molar-refractivity contribution >= 4 is 40.1 Å². The highest BCUT2D eigenvalue weighted by Crippen LogP contribution is 2.36. The van der Waals surface area contributed by atoms with Gasteiger partial charge in [0.2, 0.25) is 0 Å². The Balaban J connectivity index is 1.77. The number of allylic oxidation sites excluding steroid dienone is 1. The number of nitrogens with zero attached hydrogens (tertiary/aromatic N) is 2. The number of amides is 1. The molecule has 174 valence electrons. The number of carbonyl (C=O) groups is 2. The number of non-ortho nitro benzene ring substituents is 1. The molecular formula is C26H25N3O5. The summed E-state index contributed by atoms with van der Waals surface area (Å²) in [5.41, 5.74) is 4.14. The molecule has 3 aromatic rings. The van der Waals surface area contributed by atoms with Crippen LogP contribution in [0.25, 0.3) is 22.6 Å². The molecule has 0 fully saturated rings. The lowest BCUT2D eigenvalue weighted by molar-refractivity contribution is -0.384. The molecule has 1 amide bonds. The molecular weight excluding hydrogens is 434 g/mol. The van der Waals surface area contributed by atoms with E-state index in [-0.39, 0.29) is 24.2 Å². The first-order chi connectivity index (χ1) is 16.3. The first kappa shape index (κ1) is 23.1. The van der Waals surface area contributed by atoms with Gasteiger partial charge in [0.15, 0.2) is 6.61 Å². The summed E-state index contributed by atoms with van der Waals surface area (Å²) in [6, 6.07) is 13.7. The summed E-state index contributed by atoms with van der Waals surface area (Å²) in [7, 11) is 0. The molecule has 0 saturated heterocycles. The van der Waals surface area contributed by atoms with E-state index >= 15 is 0 Å². The van der Waals surface area contributed by atoms with Crippen LogP contribution in [-0.4, -0.2) is 34.4 Å². The Kier molecular flexibility index (Phi) is 6.67. The fraction of sp³-hybridized carbons (Fsp3) is 0.269. The van der Waals surface area contributed by atoms with Crippen molar-refractivity contribution in [3.05, 3.63) is 81.0 Å². The molecule has 1 aliphatic carbocycles. The number of nitro benzene ring substituents is 1. The molecule has 0 bridgehead atoms. The zero-order chi connectivity index (χ0) is 24.2. The van der Waals surface area contributed by atoms with Crippen molar-refractivity contribution in [2.45, 2.75) is 39.2 Å². The Bertz CT molecular complexity index is 1310.